The maximum atomic E-state index is 12.9. The van der Waals surface area contributed by atoms with Gasteiger partial charge in [-0.1, -0.05) is 43.2 Å². The van der Waals surface area contributed by atoms with Crippen LogP contribution in [0.25, 0.3) is 0 Å². The van der Waals surface area contributed by atoms with Crippen molar-refractivity contribution < 1.29 is 44.0 Å². The van der Waals surface area contributed by atoms with Crippen molar-refractivity contribution >= 4 is 17.9 Å². The first-order chi connectivity index (χ1) is 15.0. The van der Waals surface area contributed by atoms with Crippen molar-refractivity contribution in [3.8, 4) is 0 Å². The van der Waals surface area contributed by atoms with Gasteiger partial charge in [-0.15, -0.1) is 0 Å². The van der Waals surface area contributed by atoms with Crippen LogP contribution >= 0.6 is 0 Å². The molecular formula is C23H34NO8+. The van der Waals surface area contributed by atoms with Gasteiger partial charge in [0.05, 0.1) is 27.1 Å². The highest BCUT2D eigenvalue weighted by Gasteiger charge is 2.49. The van der Waals surface area contributed by atoms with Gasteiger partial charge in [-0.2, -0.15) is 0 Å². The summed E-state index contributed by atoms with van der Waals surface area (Å²) in [6.45, 7) is 1.83. The quantitative estimate of drug-likeness (QED) is 0.359. The summed E-state index contributed by atoms with van der Waals surface area (Å²) in [6.07, 6.45) is 2.14. The highest BCUT2D eigenvalue weighted by Crippen LogP contribution is 2.42. The molecule has 3 unspecified atom stereocenters. The van der Waals surface area contributed by atoms with Crippen LogP contribution in [0, 0.1) is 5.92 Å². The number of carbonyl (C=O) groups is 3. The molecule has 9 heteroatoms. The van der Waals surface area contributed by atoms with Gasteiger partial charge in [0, 0.05) is 12.3 Å². The molecule has 4 N–H and O–H groups in total. The SMILES string of the molecule is C[N+]1(C)CCC(OC(=O)C(O)(c2ccccc2)C2CCCC2)C1.O=C(O)CC(O)C(=O)O. The van der Waals surface area contributed by atoms with Crippen molar-refractivity contribution in [2.45, 2.75) is 56.3 Å². The van der Waals surface area contributed by atoms with Crippen LogP contribution in [0.1, 0.15) is 44.1 Å². The van der Waals surface area contributed by atoms with Crippen molar-refractivity contribution in [3.63, 3.8) is 0 Å². The molecule has 3 atom stereocenters. The molecule has 1 heterocycles. The minimum Gasteiger partial charge on any atom is -0.481 e. The number of quaternary nitrogens is 1. The van der Waals surface area contributed by atoms with E-state index in [9.17, 15) is 19.5 Å². The van der Waals surface area contributed by atoms with Gasteiger partial charge in [0.1, 0.15) is 6.54 Å². The lowest BCUT2D eigenvalue weighted by Gasteiger charge is -2.33. The monoisotopic (exact) mass is 452 g/mol. The zero-order chi connectivity index (χ0) is 23.9. The summed E-state index contributed by atoms with van der Waals surface area (Å²) >= 11 is 0. The van der Waals surface area contributed by atoms with Crippen molar-refractivity contribution in [1.82, 2.24) is 0 Å². The van der Waals surface area contributed by atoms with Crippen LogP contribution in [0.15, 0.2) is 30.3 Å². The molecule has 1 aliphatic heterocycles. The van der Waals surface area contributed by atoms with Crippen molar-refractivity contribution in [3.05, 3.63) is 35.9 Å². The van der Waals surface area contributed by atoms with E-state index in [1.54, 1.807) is 0 Å². The average Bonchev–Trinajstić information content (AvgIpc) is 3.38. The smallest absolute Gasteiger partial charge is 0.343 e. The standard InChI is InChI=1S/C19H28NO3.C4H6O5/c1-20(2)13-12-17(14-20)23-18(21)19(22,16-10-6-7-11-16)15-8-4-3-5-9-15;5-2(4(8)9)1-3(6)7/h3-5,8-9,16-17,22H,6-7,10-14H2,1-2H3;2,5H,1H2,(H,6,7)(H,8,9)/q+1;. The molecule has 2 fully saturated rings. The number of carboxylic acids is 2. The van der Waals surface area contributed by atoms with E-state index in [2.05, 4.69) is 14.1 Å². The lowest BCUT2D eigenvalue weighted by atomic mass is 9.80. The van der Waals surface area contributed by atoms with Crippen LogP contribution in [0.3, 0.4) is 0 Å². The largest absolute Gasteiger partial charge is 0.481 e. The van der Waals surface area contributed by atoms with Crippen molar-refractivity contribution in [1.29, 1.82) is 0 Å². The summed E-state index contributed by atoms with van der Waals surface area (Å²) < 4.78 is 6.64. The summed E-state index contributed by atoms with van der Waals surface area (Å²) in [6, 6.07) is 9.33. The van der Waals surface area contributed by atoms with E-state index in [0.29, 0.717) is 5.56 Å². The fourth-order valence-corrected chi connectivity index (χ4v) is 4.37. The number of nitrogens with zero attached hydrogens (tertiary/aromatic N) is 1. The van der Waals surface area contributed by atoms with Gasteiger partial charge in [-0.05, 0) is 18.4 Å². The second-order valence-electron chi connectivity index (χ2n) is 9.22. The maximum absolute atomic E-state index is 12.9. The Hall–Kier alpha value is -2.49. The third kappa shape index (κ3) is 6.75. The van der Waals surface area contributed by atoms with E-state index in [4.69, 9.17) is 20.1 Å². The first-order valence-electron chi connectivity index (χ1n) is 10.9. The normalized spacial score (nSPS) is 22.8. The predicted octanol–water partition coefficient (Wildman–Crippen LogP) is 1.36. The predicted molar refractivity (Wildman–Crippen MR) is 115 cm³/mol. The van der Waals surface area contributed by atoms with E-state index < -0.39 is 36.0 Å². The topological polar surface area (TPSA) is 141 Å². The summed E-state index contributed by atoms with van der Waals surface area (Å²) in [5.74, 6) is -3.34. The Kier molecular flexibility index (Phi) is 8.77. The molecule has 32 heavy (non-hydrogen) atoms. The first kappa shape index (κ1) is 25.8. The minimum atomic E-state index is -1.79. The molecule has 3 rings (SSSR count). The van der Waals surface area contributed by atoms with Crippen LogP contribution in [0.4, 0.5) is 0 Å². The number of rotatable bonds is 7. The molecule has 0 bridgehead atoms. The van der Waals surface area contributed by atoms with Crippen LogP contribution < -0.4 is 0 Å². The van der Waals surface area contributed by atoms with Gasteiger partial charge in [0.2, 0.25) is 0 Å². The van der Waals surface area contributed by atoms with Gasteiger partial charge in [-0.3, -0.25) is 4.79 Å². The second-order valence-corrected chi connectivity index (χ2v) is 9.22. The van der Waals surface area contributed by atoms with E-state index in [1.807, 2.05) is 30.3 Å². The third-order valence-electron chi connectivity index (χ3n) is 6.15. The van der Waals surface area contributed by atoms with Crippen LogP contribution in [-0.4, -0.2) is 82.2 Å². The molecule has 1 saturated carbocycles. The third-order valence-corrected chi connectivity index (χ3v) is 6.15. The Labute approximate surface area is 187 Å². The Balaban J connectivity index is 0.000000344. The molecular weight excluding hydrogens is 418 g/mol. The number of benzene rings is 1. The van der Waals surface area contributed by atoms with Gasteiger partial charge >= 0.3 is 17.9 Å². The number of esters is 1. The van der Waals surface area contributed by atoms with Crippen LogP contribution in [-0.2, 0) is 24.7 Å². The fourth-order valence-electron chi connectivity index (χ4n) is 4.37. The molecule has 0 aromatic heterocycles. The Morgan fingerprint density at radius 3 is 2.12 bits per heavy atom. The summed E-state index contributed by atoms with van der Waals surface area (Å²) in [7, 11) is 4.29. The Morgan fingerprint density at radius 1 is 1.09 bits per heavy atom. The molecule has 0 spiro atoms. The van der Waals surface area contributed by atoms with E-state index in [1.165, 1.54) is 0 Å². The number of carbonyl (C=O) groups excluding carboxylic acids is 1. The number of likely N-dealkylation sites (N-methyl/N-ethyl adjacent to an activating group) is 1. The molecule has 9 nitrogen and oxygen atoms in total. The molecule has 1 aromatic rings. The van der Waals surface area contributed by atoms with Gasteiger partial charge in [0.15, 0.2) is 17.8 Å². The number of hydrogen-bond donors (Lipinski definition) is 4. The highest BCUT2D eigenvalue weighted by atomic mass is 16.6. The van der Waals surface area contributed by atoms with Gasteiger partial charge in [0.25, 0.3) is 0 Å². The summed E-state index contributed by atoms with van der Waals surface area (Å²) in [4.78, 5) is 32.4. The summed E-state index contributed by atoms with van der Waals surface area (Å²) in [5, 5.41) is 35.5. The number of aliphatic carboxylic acids is 2. The first-order valence-corrected chi connectivity index (χ1v) is 10.9. The molecule has 178 valence electrons. The molecule has 0 radical (unpaired) electrons. The zero-order valence-electron chi connectivity index (χ0n) is 18.6. The molecule has 0 amide bonds. The maximum Gasteiger partial charge on any atom is 0.343 e. The molecule has 1 aliphatic carbocycles. The number of likely N-dealkylation sites (tertiary alicyclic amines) is 1. The van der Waals surface area contributed by atoms with Crippen LogP contribution in [0.2, 0.25) is 0 Å². The fraction of sp³-hybridized carbons (Fsp3) is 0.609. The lowest BCUT2D eigenvalue weighted by Crippen LogP contribution is -2.46. The number of aliphatic hydroxyl groups is 2. The van der Waals surface area contributed by atoms with E-state index in [0.717, 1.165) is 49.7 Å². The van der Waals surface area contributed by atoms with Crippen LogP contribution in [0.5, 0.6) is 0 Å². The zero-order valence-corrected chi connectivity index (χ0v) is 18.6. The second kappa shape index (κ2) is 10.9. The van der Waals surface area contributed by atoms with E-state index >= 15 is 0 Å². The number of aliphatic hydroxyl groups excluding tert-OH is 1. The van der Waals surface area contributed by atoms with Crippen molar-refractivity contribution in [2.24, 2.45) is 5.92 Å². The summed E-state index contributed by atoms with van der Waals surface area (Å²) in [5.41, 5.74) is -0.832. The Morgan fingerprint density at radius 2 is 1.69 bits per heavy atom. The number of hydrogen-bond acceptors (Lipinski definition) is 6. The van der Waals surface area contributed by atoms with E-state index in [-0.39, 0.29) is 12.0 Å². The van der Waals surface area contributed by atoms with Gasteiger partial charge < -0.3 is 29.6 Å². The lowest BCUT2D eigenvalue weighted by molar-refractivity contribution is -0.879. The highest BCUT2D eigenvalue weighted by molar-refractivity contribution is 5.82. The van der Waals surface area contributed by atoms with Crippen molar-refractivity contribution in [2.75, 3.05) is 27.2 Å². The molecule has 1 saturated heterocycles. The molecule has 1 aromatic carbocycles. The average molecular weight is 453 g/mol. The number of carboxylic acid groups (broad SMARTS) is 2. The minimum absolute atomic E-state index is 0.0405. The molecule has 2 aliphatic rings. The van der Waals surface area contributed by atoms with Gasteiger partial charge in [-0.25, -0.2) is 9.59 Å². The number of ether oxygens (including phenoxy) is 1. The Bertz CT molecular complexity index is 790.